The first-order chi connectivity index (χ1) is 11.1. The van der Waals surface area contributed by atoms with Crippen molar-refractivity contribution in [3.8, 4) is 0 Å². The number of amides is 2. The van der Waals surface area contributed by atoms with Gasteiger partial charge < -0.3 is 25.0 Å². The fraction of sp³-hybridized carbons (Fsp3) is 0.625. The highest BCUT2D eigenvalue weighted by Crippen LogP contribution is 2.32. The van der Waals surface area contributed by atoms with E-state index in [-0.39, 0.29) is 17.9 Å². The van der Waals surface area contributed by atoms with Crippen LogP contribution in [-0.2, 0) is 9.47 Å². The van der Waals surface area contributed by atoms with Gasteiger partial charge in [0.05, 0.1) is 25.1 Å². The number of rotatable bonds is 3. The summed E-state index contributed by atoms with van der Waals surface area (Å²) in [5.74, 6) is 0.542. The topological polar surface area (TPSA) is 75.7 Å². The van der Waals surface area contributed by atoms with E-state index in [2.05, 4.69) is 20.5 Å². The SMILES string of the molecule is CC(C)NC(=O)Nc1ccc(N2CCC3(CC2)OCCO3)nc1. The van der Waals surface area contributed by atoms with Crippen molar-refractivity contribution in [1.29, 1.82) is 0 Å². The Morgan fingerprint density at radius 2 is 1.96 bits per heavy atom. The predicted molar refractivity (Wildman–Crippen MR) is 87.6 cm³/mol. The molecule has 23 heavy (non-hydrogen) atoms. The average Bonchev–Trinajstić information content (AvgIpc) is 2.96. The molecule has 0 bridgehead atoms. The number of nitrogens with zero attached hydrogens (tertiary/aromatic N) is 2. The van der Waals surface area contributed by atoms with Gasteiger partial charge in [0.15, 0.2) is 5.79 Å². The zero-order valence-corrected chi connectivity index (χ0v) is 13.7. The van der Waals surface area contributed by atoms with Crippen LogP contribution in [0.15, 0.2) is 18.3 Å². The summed E-state index contributed by atoms with van der Waals surface area (Å²) in [5, 5.41) is 5.55. The van der Waals surface area contributed by atoms with E-state index in [0.29, 0.717) is 18.9 Å². The smallest absolute Gasteiger partial charge is 0.319 e. The monoisotopic (exact) mass is 320 g/mol. The van der Waals surface area contributed by atoms with Crippen molar-refractivity contribution in [3.05, 3.63) is 18.3 Å². The Hall–Kier alpha value is -1.86. The summed E-state index contributed by atoms with van der Waals surface area (Å²) in [4.78, 5) is 18.3. The van der Waals surface area contributed by atoms with Gasteiger partial charge in [-0.1, -0.05) is 0 Å². The third-order valence-electron chi connectivity index (χ3n) is 4.09. The van der Waals surface area contributed by atoms with E-state index in [9.17, 15) is 4.79 Å². The molecule has 1 spiro atoms. The van der Waals surface area contributed by atoms with Crippen LogP contribution in [-0.4, -0.2) is 49.1 Å². The molecule has 2 N–H and O–H groups in total. The summed E-state index contributed by atoms with van der Waals surface area (Å²) < 4.78 is 11.5. The molecule has 3 rings (SSSR count). The maximum absolute atomic E-state index is 11.7. The molecule has 2 aliphatic heterocycles. The van der Waals surface area contributed by atoms with Crippen molar-refractivity contribution >= 4 is 17.5 Å². The molecule has 2 fully saturated rings. The summed E-state index contributed by atoms with van der Waals surface area (Å²) in [7, 11) is 0. The number of hydrogen-bond acceptors (Lipinski definition) is 5. The largest absolute Gasteiger partial charge is 0.356 e. The molecule has 1 aromatic heterocycles. The second kappa shape index (κ2) is 6.72. The van der Waals surface area contributed by atoms with E-state index in [0.717, 1.165) is 31.7 Å². The number of anilines is 2. The molecule has 2 amide bonds. The fourth-order valence-electron chi connectivity index (χ4n) is 2.94. The van der Waals surface area contributed by atoms with Crippen LogP contribution in [0.3, 0.4) is 0 Å². The molecular weight excluding hydrogens is 296 g/mol. The van der Waals surface area contributed by atoms with Gasteiger partial charge in [-0.3, -0.25) is 0 Å². The number of hydrogen-bond donors (Lipinski definition) is 2. The van der Waals surface area contributed by atoms with Crippen LogP contribution in [0.4, 0.5) is 16.3 Å². The summed E-state index contributed by atoms with van der Waals surface area (Å²) >= 11 is 0. The van der Waals surface area contributed by atoms with Gasteiger partial charge in [0.25, 0.3) is 0 Å². The van der Waals surface area contributed by atoms with Gasteiger partial charge in [0.2, 0.25) is 0 Å². The third-order valence-corrected chi connectivity index (χ3v) is 4.09. The van der Waals surface area contributed by atoms with E-state index >= 15 is 0 Å². The minimum absolute atomic E-state index is 0.0999. The van der Waals surface area contributed by atoms with Crippen LogP contribution in [0.2, 0.25) is 0 Å². The Kier molecular flexibility index (Phi) is 4.68. The zero-order chi connectivity index (χ0) is 16.3. The number of carbonyl (C=O) groups is 1. The number of urea groups is 1. The number of aromatic nitrogens is 1. The Morgan fingerprint density at radius 1 is 1.26 bits per heavy atom. The number of piperidine rings is 1. The maximum atomic E-state index is 11.7. The molecule has 126 valence electrons. The van der Waals surface area contributed by atoms with Crippen molar-refractivity contribution in [2.45, 2.75) is 38.5 Å². The summed E-state index contributed by atoms with van der Waals surface area (Å²) in [5.41, 5.74) is 0.683. The minimum Gasteiger partial charge on any atom is -0.356 e. The second-order valence-electron chi connectivity index (χ2n) is 6.25. The van der Waals surface area contributed by atoms with Crippen molar-refractivity contribution in [2.24, 2.45) is 0 Å². The molecule has 7 heteroatoms. The summed E-state index contributed by atoms with van der Waals surface area (Å²) in [6.07, 6.45) is 3.39. The van der Waals surface area contributed by atoms with E-state index in [1.807, 2.05) is 26.0 Å². The lowest BCUT2D eigenvalue weighted by Crippen LogP contribution is -2.45. The molecule has 0 aliphatic carbocycles. The predicted octanol–water partition coefficient (Wildman–Crippen LogP) is 1.95. The molecule has 0 aromatic carbocycles. The third kappa shape index (κ3) is 3.92. The highest BCUT2D eigenvalue weighted by molar-refractivity contribution is 5.89. The molecular formula is C16H24N4O3. The van der Waals surface area contributed by atoms with Crippen LogP contribution in [0.5, 0.6) is 0 Å². The molecule has 3 heterocycles. The van der Waals surface area contributed by atoms with Crippen LogP contribution < -0.4 is 15.5 Å². The molecule has 1 aromatic rings. The van der Waals surface area contributed by atoms with Crippen molar-refractivity contribution < 1.29 is 14.3 Å². The molecule has 0 atom stereocenters. The lowest BCUT2D eigenvalue weighted by Gasteiger charge is -2.38. The first kappa shape index (κ1) is 16.0. The van der Waals surface area contributed by atoms with Crippen LogP contribution in [0, 0.1) is 0 Å². The quantitative estimate of drug-likeness (QED) is 0.890. The number of ether oxygens (including phenoxy) is 2. The Labute approximate surface area is 136 Å². The van der Waals surface area contributed by atoms with Gasteiger partial charge >= 0.3 is 6.03 Å². The van der Waals surface area contributed by atoms with Gasteiger partial charge in [0.1, 0.15) is 5.82 Å². The van der Waals surface area contributed by atoms with Crippen molar-refractivity contribution in [2.75, 3.05) is 36.5 Å². The van der Waals surface area contributed by atoms with Crippen molar-refractivity contribution in [3.63, 3.8) is 0 Å². The number of carbonyl (C=O) groups excluding carboxylic acids is 1. The van der Waals surface area contributed by atoms with Gasteiger partial charge in [-0.15, -0.1) is 0 Å². The fourth-order valence-corrected chi connectivity index (χ4v) is 2.94. The van der Waals surface area contributed by atoms with Gasteiger partial charge in [-0.2, -0.15) is 0 Å². The van der Waals surface area contributed by atoms with Gasteiger partial charge in [-0.05, 0) is 26.0 Å². The first-order valence-corrected chi connectivity index (χ1v) is 8.13. The lowest BCUT2D eigenvalue weighted by atomic mass is 10.0. The van der Waals surface area contributed by atoms with Crippen LogP contribution in [0.1, 0.15) is 26.7 Å². The highest BCUT2D eigenvalue weighted by atomic mass is 16.7. The molecule has 0 saturated carbocycles. The van der Waals surface area contributed by atoms with Crippen LogP contribution in [0.25, 0.3) is 0 Å². The van der Waals surface area contributed by atoms with E-state index in [1.165, 1.54) is 0 Å². The molecule has 0 radical (unpaired) electrons. The molecule has 2 saturated heterocycles. The van der Waals surface area contributed by atoms with E-state index < -0.39 is 0 Å². The molecule has 7 nitrogen and oxygen atoms in total. The summed E-state index contributed by atoms with van der Waals surface area (Å²) in [6, 6.07) is 3.68. The highest BCUT2D eigenvalue weighted by Gasteiger charge is 2.39. The zero-order valence-electron chi connectivity index (χ0n) is 13.7. The Bertz CT molecular complexity index is 531. The second-order valence-corrected chi connectivity index (χ2v) is 6.25. The van der Waals surface area contributed by atoms with E-state index in [1.54, 1.807) is 6.20 Å². The van der Waals surface area contributed by atoms with Crippen molar-refractivity contribution in [1.82, 2.24) is 10.3 Å². The first-order valence-electron chi connectivity index (χ1n) is 8.13. The van der Waals surface area contributed by atoms with Gasteiger partial charge in [-0.25, -0.2) is 9.78 Å². The van der Waals surface area contributed by atoms with E-state index in [4.69, 9.17) is 9.47 Å². The number of pyridine rings is 1. The normalized spacial score (nSPS) is 20.0. The number of nitrogens with one attached hydrogen (secondary N) is 2. The van der Waals surface area contributed by atoms with Crippen LogP contribution >= 0.6 is 0 Å². The molecule has 0 unspecified atom stereocenters. The standard InChI is InChI=1S/C16H24N4O3/c1-12(2)18-15(21)19-13-3-4-14(17-11-13)20-7-5-16(6-8-20)22-9-10-23-16/h3-4,11-12H,5-10H2,1-2H3,(H2,18,19,21). The summed E-state index contributed by atoms with van der Waals surface area (Å²) in [6.45, 7) is 6.93. The lowest BCUT2D eigenvalue weighted by molar-refractivity contribution is -0.169. The average molecular weight is 320 g/mol. The minimum atomic E-state index is -0.368. The maximum Gasteiger partial charge on any atom is 0.319 e. The van der Waals surface area contributed by atoms with Gasteiger partial charge in [0, 0.05) is 32.0 Å². The Balaban J connectivity index is 1.54. The Morgan fingerprint density at radius 3 is 2.52 bits per heavy atom. The molecule has 2 aliphatic rings.